The Kier molecular flexibility index (Phi) is 6.23. The lowest BCUT2D eigenvalue weighted by molar-refractivity contribution is -0.127. The molecule has 120 valence electrons. The summed E-state index contributed by atoms with van der Waals surface area (Å²) in [5.41, 5.74) is 1.61. The van der Waals surface area contributed by atoms with Crippen LogP contribution in [0.5, 0.6) is 0 Å². The normalized spacial score (nSPS) is 10.2. The SMILES string of the molecule is CNC(=O)c1ccc(CN(C)C(=O)CSc2ccccc2)cc1. The number of carbonyl (C=O) groups excluding carboxylic acids is 2. The highest BCUT2D eigenvalue weighted by Gasteiger charge is 2.10. The highest BCUT2D eigenvalue weighted by atomic mass is 32.2. The monoisotopic (exact) mass is 328 g/mol. The zero-order valence-electron chi connectivity index (χ0n) is 13.3. The topological polar surface area (TPSA) is 49.4 Å². The number of amides is 2. The van der Waals surface area contributed by atoms with Crippen LogP contribution in [0.2, 0.25) is 0 Å². The van der Waals surface area contributed by atoms with Gasteiger partial charge in [0.05, 0.1) is 5.75 Å². The van der Waals surface area contributed by atoms with Crippen LogP contribution in [0.15, 0.2) is 59.5 Å². The summed E-state index contributed by atoms with van der Waals surface area (Å²) in [5.74, 6) is 0.381. The van der Waals surface area contributed by atoms with Gasteiger partial charge in [-0.25, -0.2) is 0 Å². The summed E-state index contributed by atoms with van der Waals surface area (Å²) in [4.78, 5) is 26.5. The van der Waals surface area contributed by atoms with Crippen molar-refractivity contribution in [3.8, 4) is 0 Å². The van der Waals surface area contributed by atoms with Crippen LogP contribution in [0.25, 0.3) is 0 Å². The van der Waals surface area contributed by atoms with E-state index in [4.69, 9.17) is 0 Å². The molecule has 0 fully saturated rings. The van der Waals surface area contributed by atoms with Crippen molar-refractivity contribution < 1.29 is 9.59 Å². The van der Waals surface area contributed by atoms with Crippen LogP contribution in [-0.4, -0.2) is 36.6 Å². The number of thioether (sulfide) groups is 1. The van der Waals surface area contributed by atoms with Gasteiger partial charge in [-0.15, -0.1) is 11.8 Å². The van der Waals surface area contributed by atoms with Gasteiger partial charge in [-0.1, -0.05) is 30.3 Å². The van der Waals surface area contributed by atoms with Crippen molar-refractivity contribution in [2.75, 3.05) is 19.8 Å². The molecule has 2 aromatic rings. The van der Waals surface area contributed by atoms with Crippen LogP contribution < -0.4 is 5.32 Å². The second-order valence-electron chi connectivity index (χ2n) is 5.13. The summed E-state index contributed by atoms with van der Waals surface area (Å²) >= 11 is 1.53. The molecule has 0 bridgehead atoms. The van der Waals surface area contributed by atoms with E-state index in [0.29, 0.717) is 17.9 Å². The van der Waals surface area contributed by atoms with Crippen LogP contribution >= 0.6 is 11.8 Å². The Hall–Kier alpha value is -2.27. The molecule has 0 saturated heterocycles. The van der Waals surface area contributed by atoms with E-state index in [9.17, 15) is 9.59 Å². The Bertz CT molecular complexity index is 656. The minimum Gasteiger partial charge on any atom is -0.355 e. The van der Waals surface area contributed by atoms with Crippen molar-refractivity contribution in [3.63, 3.8) is 0 Å². The molecule has 4 nitrogen and oxygen atoms in total. The summed E-state index contributed by atoms with van der Waals surface area (Å²) < 4.78 is 0. The first-order valence-electron chi connectivity index (χ1n) is 7.33. The molecule has 2 amide bonds. The largest absolute Gasteiger partial charge is 0.355 e. The summed E-state index contributed by atoms with van der Waals surface area (Å²) in [6, 6.07) is 17.2. The number of hydrogen-bond donors (Lipinski definition) is 1. The molecule has 2 aromatic carbocycles. The van der Waals surface area contributed by atoms with Gasteiger partial charge in [0.15, 0.2) is 0 Å². The molecule has 0 spiro atoms. The van der Waals surface area contributed by atoms with Gasteiger partial charge in [0, 0.05) is 31.1 Å². The fraction of sp³-hybridized carbons (Fsp3) is 0.222. The van der Waals surface area contributed by atoms with Gasteiger partial charge in [-0.2, -0.15) is 0 Å². The lowest BCUT2D eigenvalue weighted by Crippen LogP contribution is -2.27. The van der Waals surface area contributed by atoms with Gasteiger partial charge in [-0.05, 0) is 29.8 Å². The van der Waals surface area contributed by atoms with E-state index in [0.717, 1.165) is 10.5 Å². The van der Waals surface area contributed by atoms with Gasteiger partial charge < -0.3 is 10.2 Å². The lowest BCUT2D eigenvalue weighted by atomic mass is 10.1. The van der Waals surface area contributed by atoms with E-state index in [2.05, 4.69) is 5.32 Å². The third kappa shape index (κ3) is 5.14. The molecular formula is C18H20N2O2S. The average Bonchev–Trinajstić information content (AvgIpc) is 2.60. The fourth-order valence-electron chi connectivity index (χ4n) is 2.04. The zero-order valence-corrected chi connectivity index (χ0v) is 14.1. The number of rotatable bonds is 6. The molecule has 0 heterocycles. The first kappa shape index (κ1) is 17.1. The Morgan fingerprint density at radius 1 is 1.04 bits per heavy atom. The maximum absolute atomic E-state index is 12.2. The molecule has 1 N–H and O–H groups in total. The highest BCUT2D eigenvalue weighted by Crippen LogP contribution is 2.17. The Morgan fingerprint density at radius 2 is 1.70 bits per heavy atom. The van der Waals surface area contributed by atoms with Gasteiger partial charge in [0.25, 0.3) is 5.91 Å². The van der Waals surface area contributed by atoms with Crippen LogP contribution in [0.1, 0.15) is 15.9 Å². The lowest BCUT2D eigenvalue weighted by Gasteiger charge is -2.17. The van der Waals surface area contributed by atoms with Gasteiger partial charge in [0.1, 0.15) is 0 Å². The number of benzene rings is 2. The van der Waals surface area contributed by atoms with Crippen molar-refractivity contribution in [1.29, 1.82) is 0 Å². The van der Waals surface area contributed by atoms with Crippen molar-refractivity contribution in [3.05, 3.63) is 65.7 Å². The Labute approximate surface area is 140 Å². The molecule has 0 saturated carbocycles. The minimum atomic E-state index is -0.111. The molecule has 0 aromatic heterocycles. The molecule has 0 radical (unpaired) electrons. The van der Waals surface area contributed by atoms with E-state index >= 15 is 0 Å². The Morgan fingerprint density at radius 3 is 2.30 bits per heavy atom. The fourth-order valence-corrected chi connectivity index (χ4v) is 2.90. The second-order valence-corrected chi connectivity index (χ2v) is 6.18. The molecular weight excluding hydrogens is 308 g/mol. The molecule has 0 aliphatic carbocycles. The van der Waals surface area contributed by atoms with Crippen molar-refractivity contribution in [2.24, 2.45) is 0 Å². The second kappa shape index (κ2) is 8.39. The molecule has 0 aliphatic heterocycles. The highest BCUT2D eigenvalue weighted by molar-refractivity contribution is 8.00. The third-order valence-corrected chi connectivity index (χ3v) is 4.39. The van der Waals surface area contributed by atoms with Crippen molar-refractivity contribution in [1.82, 2.24) is 10.2 Å². The quantitative estimate of drug-likeness (QED) is 0.830. The predicted molar refractivity (Wildman–Crippen MR) is 93.5 cm³/mol. The number of nitrogens with zero attached hydrogens (tertiary/aromatic N) is 1. The first-order chi connectivity index (χ1) is 11.1. The van der Waals surface area contributed by atoms with Crippen molar-refractivity contribution >= 4 is 23.6 Å². The van der Waals surface area contributed by atoms with E-state index < -0.39 is 0 Å². The number of carbonyl (C=O) groups is 2. The molecule has 5 heteroatoms. The molecule has 2 rings (SSSR count). The molecule has 0 atom stereocenters. The van der Waals surface area contributed by atoms with Gasteiger partial charge in [-0.3, -0.25) is 9.59 Å². The summed E-state index contributed by atoms with van der Waals surface area (Å²) in [7, 11) is 3.40. The van der Waals surface area contributed by atoms with E-state index in [-0.39, 0.29) is 11.8 Å². The van der Waals surface area contributed by atoms with E-state index in [1.807, 2.05) is 42.5 Å². The smallest absolute Gasteiger partial charge is 0.251 e. The summed E-state index contributed by atoms with van der Waals surface area (Å²) in [5, 5.41) is 2.59. The first-order valence-corrected chi connectivity index (χ1v) is 8.31. The van der Waals surface area contributed by atoms with Gasteiger partial charge >= 0.3 is 0 Å². The maximum atomic E-state index is 12.2. The minimum absolute atomic E-state index is 0.0780. The maximum Gasteiger partial charge on any atom is 0.251 e. The molecule has 23 heavy (non-hydrogen) atoms. The summed E-state index contributed by atoms with van der Waals surface area (Å²) in [6.07, 6.45) is 0. The van der Waals surface area contributed by atoms with Crippen molar-refractivity contribution in [2.45, 2.75) is 11.4 Å². The van der Waals surface area contributed by atoms with E-state index in [1.54, 1.807) is 31.1 Å². The predicted octanol–water partition coefficient (Wildman–Crippen LogP) is 2.80. The molecule has 0 aliphatic rings. The molecule has 0 unspecified atom stereocenters. The third-order valence-electron chi connectivity index (χ3n) is 3.39. The standard InChI is InChI=1S/C18H20N2O2S/c1-19-18(22)15-10-8-14(9-11-15)12-20(2)17(21)13-23-16-6-4-3-5-7-16/h3-11H,12-13H2,1-2H3,(H,19,22). The van der Waals surface area contributed by atoms with Crippen LogP contribution in [0, 0.1) is 0 Å². The Balaban J connectivity index is 1.86. The zero-order chi connectivity index (χ0) is 16.7. The summed E-state index contributed by atoms with van der Waals surface area (Å²) in [6.45, 7) is 0.530. The van der Waals surface area contributed by atoms with Crippen LogP contribution in [-0.2, 0) is 11.3 Å². The van der Waals surface area contributed by atoms with Crippen LogP contribution in [0.4, 0.5) is 0 Å². The van der Waals surface area contributed by atoms with E-state index in [1.165, 1.54) is 11.8 Å². The average molecular weight is 328 g/mol. The van der Waals surface area contributed by atoms with Crippen LogP contribution in [0.3, 0.4) is 0 Å². The number of nitrogens with one attached hydrogen (secondary N) is 1. The number of hydrogen-bond acceptors (Lipinski definition) is 3. The van der Waals surface area contributed by atoms with Gasteiger partial charge in [0.2, 0.25) is 5.91 Å².